The highest BCUT2D eigenvalue weighted by molar-refractivity contribution is 6.30. The van der Waals surface area contributed by atoms with Crippen LogP contribution in [0.2, 0.25) is 5.02 Å². The van der Waals surface area contributed by atoms with Crippen molar-refractivity contribution < 1.29 is 9.18 Å². The molecule has 0 unspecified atom stereocenters. The number of hydrogen-bond acceptors (Lipinski definition) is 4. The van der Waals surface area contributed by atoms with Crippen molar-refractivity contribution in [2.24, 2.45) is 5.92 Å². The van der Waals surface area contributed by atoms with E-state index in [1.807, 2.05) is 0 Å². The molecule has 1 aliphatic rings. The van der Waals surface area contributed by atoms with Gasteiger partial charge in [0.1, 0.15) is 5.82 Å². The molecule has 1 fully saturated rings. The molecule has 1 amide bonds. The van der Waals surface area contributed by atoms with Gasteiger partial charge < -0.3 is 10.6 Å². The Bertz CT molecular complexity index is 717. The van der Waals surface area contributed by atoms with E-state index in [2.05, 4.69) is 20.9 Å². The number of hydrogen-bond donors (Lipinski definition) is 2. The quantitative estimate of drug-likeness (QED) is 0.871. The number of nitrogens with one attached hydrogen (secondary N) is 2. The second-order valence-corrected chi connectivity index (χ2v) is 5.68. The molecule has 2 N–H and O–H groups in total. The van der Waals surface area contributed by atoms with Crippen molar-refractivity contribution >= 4 is 29.9 Å². The van der Waals surface area contributed by atoms with Crippen molar-refractivity contribution in [3.63, 3.8) is 0 Å². The van der Waals surface area contributed by atoms with Crippen molar-refractivity contribution in [1.29, 1.82) is 0 Å². The van der Waals surface area contributed by atoms with Crippen LogP contribution in [0.5, 0.6) is 0 Å². The topological polar surface area (TPSA) is 71.8 Å². The number of carbonyl (C=O) groups is 1. The van der Waals surface area contributed by atoms with Crippen molar-refractivity contribution in [1.82, 2.24) is 25.6 Å². The minimum Gasteiger partial charge on any atom is -0.350 e. The molecule has 3 rings (SSSR count). The second kappa shape index (κ2) is 7.25. The second-order valence-electron chi connectivity index (χ2n) is 5.27. The Balaban J connectivity index is 0.00000192. The van der Waals surface area contributed by atoms with E-state index >= 15 is 0 Å². The van der Waals surface area contributed by atoms with Crippen LogP contribution in [0.3, 0.4) is 0 Å². The van der Waals surface area contributed by atoms with Crippen molar-refractivity contribution in [2.45, 2.75) is 6.92 Å². The van der Waals surface area contributed by atoms with Gasteiger partial charge in [0.05, 0.1) is 16.4 Å². The fourth-order valence-corrected chi connectivity index (χ4v) is 2.39. The molecule has 1 aromatic heterocycles. The number of carbonyl (C=O) groups excluding carboxylic acids is 1. The summed E-state index contributed by atoms with van der Waals surface area (Å²) in [6.45, 7) is 4.18. The predicted octanol–water partition coefficient (Wildman–Crippen LogP) is 1.74. The minimum atomic E-state index is -0.504. The molecule has 2 aromatic rings. The van der Waals surface area contributed by atoms with Gasteiger partial charge in [-0.1, -0.05) is 16.8 Å². The highest BCUT2D eigenvalue weighted by atomic mass is 35.5. The Morgan fingerprint density at radius 1 is 1.52 bits per heavy atom. The molecule has 23 heavy (non-hydrogen) atoms. The molecule has 0 aliphatic carbocycles. The van der Waals surface area contributed by atoms with Gasteiger partial charge in [0.15, 0.2) is 5.69 Å². The molecule has 0 atom stereocenters. The summed E-state index contributed by atoms with van der Waals surface area (Å²) in [6, 6.07) is 4.23. The van der Waals surface area contributed by atoms with Gasteiger partial charge >= 0.3 is 0 Å². The molecule has 9 heteroatoms. The maximum Gasteiger partial charge on any atom is 0.273 e. The van der Waals surface area contributed by atoms with Crippen LogP contribution in [0.1, 0.15) is 16.2 Å². The van der Waals surface area contributed by atoms with E-state index in [1.165, 1.54) is 22.9 Å². The Kier molecular flexibility index (Phi) is 5.56. The van der Waals surface area contributed by atoms with E-state index in [1.54, 1.807) is 6.92 Å². The molecular weight excluding hydrogens is 344 g/mol. The maximum atomic E-state index is 13.2. The summed E-state index contributed by atoms with van der Waals surface area (Å²) >= 11 is 5.77. The summed E-state index contributed by atoms with van der Waals surface area (Å²) in [6.07, 6.45) is 0. The first-order chi connectivity index (χ1) is 10.6. The lowest BCUT2D eigenvalue weighted by molar-refractivity contribution is 0.0936. The van der Waals surface area contributed by atoms with Crippen LogP contribution < -0.4 is 10.6 Å². The molecule has 6 nitrogen and oxygen atoms in total. The molecule has 2 heterocycles. The standard InChI is InChI=1S/C14H15ClFN5O.ClH/c1-8-13(14(22)18-7-9-5-17-6-9)19-20-21(8)10-2-3-12(16)11(15)4-10;/h2-4,9,17H,5-7H2,1H3,(H,18,22);1H. The van der Waals surface area contributed by atoms with Crippen molar-refractivity contribution in [2.75, 3.05) is 19.6 Å². The van der Waals surface area contributed by atoms with Gasteiger partial charge in [0.25, 0.3) is 5.91 Å². The van der Waals surface area contributed by atoms with E-state index in [0.29, 0.717) is 23.8 Å². The summed E-state index contributed by atoms with van der Waals surface area (Å²) in [4.78, 5) is 12.1. The molecule has 0 saturated carbocycles. The zero-order valence-corrected chi connectivity index (χ0v) is 13.9. The average molecular weight is 360 g/mol. The third-order valence-corrected chi connectivity index (χ3v) is 3.96. The molecule has 124 valence electrons. The highest BCUT2D eigenvalue weighted by Crippen LogP contribution is 2.20. The van der Waals surface area contributed by atoms with Crippen LogP contribution in [-0.4, -0.2) is 40.5 Å². The molecular formula is C14H16Cl2FN5O. The monoisotopic (exact) mass is 359 g/mol. The number of halogens is 3. The Hall–Kier alpha value is -1.70. The number of rotatable bonds is 4. The van der Waals surface area contributed by atoms with E-state index < -0.39 is 5.82 Å². The number of nitrogens with zero attached hydrogens (tertiary/aromatic N) is 3. The Morgan fingerprint density at radius 3 is 2.87 bits per heavy atom. The predicted molar refractivity (Wildman–Crippen MR) is 87.0 cm³/mol. The minimum absolute atomic E-state index is 0. The SMILES string of the molecule is Cc1c(C(=O)NCC2CNC2)nnn1-c1ccc(F)c(Cl)c1.Cl. The molecule has 0 bridgehead atoms. The first-order valence-electron chi connectivity index (χ1n) is 6.93. The fraction of sp³-hybridized carbons (Fsp3) is 0.357. The van der Waals surface area contributed by atoms with Gasteiger partial charge in [-0.25, -0.2) is 9.07 Å². The van der Waals surface area contributed by atoms with Gasteiger partial charge in [-0.15, -0.1) is 17.5 Å². The van der Waals surface area contributed by atoms with E-state index in [9.17, 15) is 9.18 Å². The van der Waals surface area contributed by atoms with E-state index in [4.69, 9.17) is 11.6 Å². The van der Waals surface area contributed by atoms with Crippen LogP contribution in [0.25, 0.3) is 5.69 Å². The van der Waals surface area contributed by atoms with Crippen molar-refractivity contribution in [3.05, 3.63) is 40.4 Å². The molecule has 0 radical (unpaired) electrons. The van der Waals surface area contributed by atoms with Crippen molar-refractivity contribution in [3.8, 4) is 5.69 Å². The van der Waals surface area contributed by atoms with Gasteiger partial charge in [0.2, 0.25) is 0 Å². The lowest BCUT2D eigenvalue weighted by Crippen LogP contribution is -2.48. The molecule has 1 aliphatic heterocycles. The van der Waals surface area contributed by atoms with Gasteiger partial charge in [-0.05, 0) is 25.1 Å². The Morgan fingerprint density at radius 2 is 2.26 bits per heavy atom. The zero-order chi connectivity index (χ0) is 15.7. The van der Waals surface area contributed by atoms with Crippen LogP contribution in [0.4, 0.5) is 4.39 Å². The first-order valence-corrected chi connectivity index (χ1v) is 7.30. The number of aromatic nitrogens is 3. The third-order valence-electron chi connectivity index (χ3n) is 3.67. The highest BCUT2D eigenvalue weighted by Gasteiger charge is 2.21. The summed E-state index contributed by atoms with van der Waals surface area (Å²) in [5.41, 5.74) is 1.39. The largest absolute Gasteiger partial charge is 0.350 e. The van der Waals surface area contributed by atoms with Gasteiger partial charge in [-0.2, -0.15) is 0 Å². The summed E-state index contributed by atoms with van der Waals surface area (Å²) in [7, 11) is 0. The molecule has 1 saturated heterocycles. The summed E-state index contributed by atoms with van der Waals surface area (Å²) in [5, 5.41) is 13.9. The maximum absolute atomic E-state index is 13.2. The lowest BCUT2D eigenvalue weighted by Gasteiger charge is -2.26. The van der Waals surface area contributed by atoms with E-state index in [-0.39, 0.29) is 29.0 Å². The van der Waals surface area contributed by atoms with Gasteiger partial charge in [-0.3, -0.25) is 4.79 Å². The van der Waals surface area contributed by atoms with Crippen LogP contribution in [0.15, 0.2) is 18.2 Å². The lowest BCUT2D eigenvalue weighted by atomic mass is 10.0. The summed E-state index contributed by atoms with van der Waals surface area (Å²) < 4.78 is 14.7. The van der Waals surface area contributed by atoms with Crippen LogP contribution in [-0.2, 0) is 0 Å². The third kappa shape index (κ3) is 3.63. The van der Waals surface area contributed by atoms with Gasteiger partial charge in [0, 0.05) is 25.6 Å². The number of amides is 1. The number of benzene rings is 1. The summed E-state index contributed by atoms with van der Waals surface area (Å²) in [5.74, 6) is -0.297. The first kappa shape index (κ1) is 17.7. The van der Waals surface area contributed by atoms with Crippen LogP contribution in [0, 0.1) is 18.7 Å². The zero-order valence-electron chi connectivity index (χ0n) is 12.3. The van der Waals surface area contributed by atoms with Crippen LogP contribution >= 0.6 is 24.0 Å². The average Bonchev–Trinajstić information content (AvgIpc) is 2.82. The normalized spacial score (nSPS) is 14.0. The fourth-order valence-electron chi connectivity index (χ4n) is 2.21. The smallest absolute Gasteiger partial charge is 0.273 e. The van der Waals surface area contributed by atoms with E-state index in [0.717, 1.165) is 13.1 Å². The Labute approximate surface area is 143 Å². The molecule has 1 aromatic carbocycles. The molecule has 0 spiro atoms.